The summed E-state index contributed by atoms with van der Waals surface area (Å²) in [7, 11) is 0. The highest BCUT2D eigenvalue weighted by Crippen LogP contribution is 2.20. The molecule has 0 spiro atoms. The van der Waals surface area contributed by atoms with Gasteiger partial charge in [-0.15, -0.1) is 0 Å². The Labute approximate surface area is 140 Å². The van der Waals surface area contributed by atoms with Gasteiger partial charge in [-0.2, -0.15) is 0 Å². The van der Waals surface area contributed by atoms with E-state index in [1.165, 1.54) is 0 Å². The smallest absolute Gasteiger partial charge is 0.276 e. The lowest BCUT2D eigenvalue weighted by molar-refractivity contribution is 0.0465. The number of nitrogens with zero attached hydrogens (tertiary/aromatic N) is 4. The summed E-state index contributed by atoms with van der Waals surface area (Å²) in [5.74, 6) is 0.419. The summed E-state index contributed by atoms with van der Waals surface area (Å²) >= 11 is 0. The quantitative estimate of drug-likeness (QED) is 0.889. The number of piperazine rings is 1. The Bertz CT molecular complexity index is 661. The Morgan fingerprint density at radius 1 is 1.38 bits per heavy atom. The highest BCUT2D eigenvalue weighted by atomic mass is 16.5. The van der Waals surface area contributed by atoms with Crippen LogP contribution in [0.2, 0.25) is 0 Å². The number of aliphatic hydroxyl groups excluding tert-OH is 1. The molecule has 1 amide bonds. The molecule has 1 aliphatic rings. The number of pyridine rings is 1. The van der Waals surface area contributed by atoms with Gasteiger partial charge in [0.15, 0.2) is 11.5 Å². The average Bonchev–Trinajstić information content (AvgIpc) is 3.14. The molecule has 0 aromatic carbocycles. The summed E-state index contributed by atoms with van der Waals surface area (Å²) in [5.41, 5.74) is 1.11. The monoisotopic (exact) mass is 330 g/mol. The van der Waals surface area contributed by atoms with Gasteiger partial charge in [0.25, 0.3) is 5.91 Å². The zero-order chi connectivity index (χ0) is 16.9. The fourth-order valence-corrected chi connectivity index (χ4v) is 2.98. The molecule has 7 heteroatoms. The van der Waals surface area contributed by atoms with Gasteiger partial charge >= 0.3 is 0 Å². The summed E-state index contributed by atoms with van der Waals surface area (Å²) in [4.78, 5) is 20.6. The summed E-state index contributed by atoms with van der Waals surface area (Å²) in [6.45, 7) is 5.00. The van der Waals surface area contributed by atoms with Crippen molar-refractivity contribution in [3.63, 3.8) is 0 Å². The van der Waals surface area contributed by atoms with Gasteiger partial charge in [-0.25, -0.2) is 0 Å². The largest absolute Gasteiger partial charge is 0.395 e. The van der Waals surface area contributed by atoms with Gasteiger partial charge in [0.1, 0.15) is 0 Å². The maximum atomic E-state index is 12.6. The fraction of sp³-hybridized carbons (Fsp3) is 0.471. The molecule has 24 heavy (non-hydrogen) atoms. The molecule has 1 N–H and O–H groups in total. The van der Waals surface area contributed by atoms with Crippen LogP contribution in [0.5, 0.6) is 0 Å². The predicted octanol–water partition coefficient (Wildman–Crippen LogP) is 1.27. The first-order chi connectivity index (χ1) is 11.7. The second kappa shape index (κ2) is 7.55. The van der Waals surface area contributed by atoms with E-state index in [2.05, 4.69) is 22.0 Å². The maximum Gasteiger partial charge on any atom is 0.276 e. The molecule has 1 aliphatic heterocycles. The van der Waals surface area contributed by atoms with Crippen molar-refractivity contribution in [2.24, 2.45) is 0 Å². The zero-order valence-electron chi connectivity index (χ0n) is 13.8. The molecular formula is C17H22N4O3. The first-order valence-electron chi connectivity index (χ1n) is 8.24. The minimum atomic E-state index is -0.120. The molecule has 0 radical (unpaired) electrons. The molecule has 1 saturated heterocycles. The van der Waals surface area contributed by atoms with Crippen molar-refractivity contribution in [1.29, 1.82) is 0 Å². The van der Waals surface area contributed by atoms with Crippen LogP contribution in [-0.4, -0.2) is 69.8 Å². The number of carbonyl (C=O) groups is 1. The number of hydrogen-bond donors (Lipinski definition) is 1. The number of carbonyl (C=O) groups excluding carboxylic acids is 1. The number of amides is 1. The second-order valence-electron chi connectivity index (χ2n) is 5.89. The molecule has 3 heterocycles. The van der Waals surface area contributed by atoms with Crippen molar-refractivity contribution in [3.8, 4) is 11.3 Å². The Morgan fingerprint density at radius 2 is 2.17 bits per heavy atom. The van der Waals surface area contributed by atoms with Gasteiger partial charge in [0, 0.05) is 56.2 Å². The lowest BCUT2D eigenvalue weighted by Gasteiger charge is -2.38. The van der Waals surface area contributed by atoms with Crippen LogP contribution in [0.25, 0.3) is 11.3 Å². The summed E-state index contributed by atoms with van der Waals surface area (Å²) in [5, 5.41) is 13.3. The van der Waals surface area contributed by atoms with Gasteiger partial charge in [0.05, 0.1) is 6.61 Å². The molecule has 0 aliphatic carbocycles. The van der Waals surface area contributed by atoms with Gasteiger partial charge in [-0.1, -0.05) is 12.1 Å². The lowest BCUT2D eigenvalue weighted by Crippen LogP contribution is -2.52. The molecule has 2 aromatic heterocycles. The Morgan fingerprint density at radius 3 is 2.79 bits per heavy atom. The van der Waals surface area contributed by atoms with E-state index in [-0.39, 0.29) is 18.6 Å². The molecule has 0 bridgehead atoms. The van der Waals surface area contributed by atoms with Crippen LogP contribution in [0.15, 0.2) is 35.1 Å². The number of aliphatic hydroxyl groups is 1. The van der Waals surface area contributed by atoms with E-state index >= 15 is 0 Å². The van der Waals surface area contributed by atoms with Crippen LogP contribution in [0, 0.1) is 0 Å². The summed E-state index contributed by atoms with van der Waals surface area (Å²) in [6, 6.07) is 5.50. The van der Waals surface area contributed by atoms with Crippen molar-refractivity contribution in [2.45, 2.75) is 19.4 Å². The number of rotatable bonds is 5. The standard InChI is InChI=1S/C17H22N4O3/c1-2-14(12-22)20-6-8-21(9-7-20)17(23)15-10-16(24-19-15)13-4-3-5-18-11-13/h3-5,10-11,14,22H,2,6-9,12H2,1H3. The van der Waals surface area contributed by atoms with Crippen LogP contribution in [0.4, 0.5) is 0 Å². The average molecular weight is 330 g/mol. The number of aromatic nitrogens is 2. The van der Waals surface area contributed by atoms with E-state index in [1.54, 1.807) is 23.4 Å². The van der Waals surface area contributed by atoms with Crippen molar-refractivity contribution in [2.75, 3.05) is 32.8 Å². The first kappa shape index (κ1) is 16.6. The maximum absolute atomic E-state index is 12.6. The minimum absolute atomic E-state index is 0.120. The molecular weight excluding hydrogens is 308 g/mol. The first-order valence-corrected chi connectivity index (χ1v) is 8.24. The van der Waals surface area contributed by atoms with Gasteiger partial charge in [-0.3, -0.25) is 14.7 Å². The molecule has 0 saturated carbocycles. The molecule has 1 fully saturated rings. The fourth-order valence-electron chi connectivity index (χ4n) is 2.98. The lowest BCUT2D eigenvalue weighted by atomic mass is 10.1. The van der Waals surface area contributed by atoms with Gasteiger partial charge < -0.3 is 14.5 Å². The number of hydrogen-bond acceptors (Lipinski definition) is 6. The Balaban J connectivity index is 1.63. The highest BCUT2D eigenvalue weighted by Gasteiger charge is 2.27. The molecule has 2 aromatic rings. The van der Waals surface area contributed by atoms with Crippen LogP contribution in [0.1, 0.15) is 23.8 Å². The van der Waals surface area contributed by atoms with Crippen LogP contribution in [0.3, 0.4) is 0 Å². The third-order valence-electron chi connectivity index (χ3n) is 4.48. The second-order valence-corrected chi connectivity index (χ2v) is 5.89. The molecule has 7 nitrogen and oxygen atoms in total. The predicted molar refractivity (Wildman–Crippen MR) is 88.4 cm³/mol. The zero-order valence-corrected chi connectivity index (χ0v) is 13.8. The van der Waals surface area contributed by atoms with Gasteiger partial charge in [0.2, 0.25) is 0 Å². The van der Waals surface area contributed by atoms with Gasteiger partial charge in [-0.05, 0) is 18.6 Å². The van der Waals surface area contributed by atoms with E-state index in [4.69, 9.17) is 4.52 Å². The Kier molecular flexibility index (Phi) is 5.22. The third-order valence-corrected chi connectivity index (χ3v) is 4.48. The SMILES string of the molecule is CCC(CO)N1CCN(C(=O)c2cc(-c3cccnc3)on2)CC1. The van der Waals surface area contributed by atoms with Crippen molar-refractivity contribution >= 4 is 5.91 Å². The van der Waals surface area contributed by atoms with E-state index in [0.29, 0.717) is 24.5 Å². The van der Waals surface area contributed by atoms with Crippen molar-refractivity contribution < 1.29 is 14.4 Å². The molecule has 3 rings (SSSR count). The normalized spacial score (nSPS) is 17.0. The summed E-state index contributed by atoms with van der Waals surface area (Å²) in [6.07, 6.45) is 4.26. The van der Waals surface area contributed by atoms with E-state index in [0.717, 1.165) is 25.1 Å². The van der Waals surface area contributed by atoms with Crippen LogP contribution in [-0.2, 0) is 0 Å². The van der Waals surface area contributed by atoms with E-state index < -0.39 is 0 Å². The molecule has 128 valence electrons. The van der Waals surface area contributed by atoms with E-state index in [1.807, 2.05) is 12.1 Å². The van der Waals surface area contributed by atoms with E-state index in [9.17, 15) is 9.90 Å². The van der Waals surface area contributed by atoms with Crippen molar-refractivity contribution in [3.05, 3.63) is 36.3 Å². The van der Waals surface area contributed by atoms with Crippen LogP contribution >= 0.6 is 0 Å². The third kappa shape index (κ3) is 3.47. The summed E-state index contributed by atoms with van der Waals surface area (Å²) < 4.78 is 5.28. The molecule has 1 unspecified atom stereocenters. The highest BCUT2D eigenvalue weighted by molar-refractivity contribution is 5.93. The molecule has 1 atom stereocenters. The van der Waals surface area contributed by atoms with Crippen molar-refractivity contribution in [1.82, 2.24) is 19.9 Å². The topological polar surface area (TPSA) is 82.7 Å². The minimum Gasteiger partial charge on any atom is -0.395 e. The Hall–Kier alpha value is -2.25. The van der Waals surface area contributed by atoms with Crippen LogP contribution < -0.4 is 0 Å².